The van der Waals surface area contributed by atoms with E-state index in [-0.39, 0.29) is 41.3 Å². The Kier molecular flexibility index (Phi) is 7.41. The topological polar surface area (TPSA) is 178 Å². The summed E-state index contributed by atoms with van der Waals surface area (Å²) in [5.41, 5.74) is 11.5. The molecule has 6 N–H and O–H groups in total. The van der Waals surface area contributed by atoms with Crippen molar-refractivity contribution in [3.63, 3.8) is 0 Å². The fourth-order valence-corrected chi connectivity index (χ4v) is 3.09. The number of hydrogen-bond donors (Lipinski definition) is 4. The Morgan fingerprint density at radius 1 is 1.00 bits per heavy atom. The van der Waals surface area contributed by atoms with Crippen LogP contribution in [0.4, 0.5) is 11.8 Å². The molecule has 10 nitrogen and oxygen atoms in total. The molecule has 164 valence electrons. The molecule has 0 aliphatic carbocycles. The van der Waals surface area contributed by atoms with Gasteiger partial charge in [-0.05, 0) is 24.1 Å². The predicted octanol–water partition coefficient (Wildman–Crippen LogP) is 2.67. The quantitative estimate of drug-likeness (QED) is 0.458. The van der Waals surface area contributed by atoms with Crippen LogP contribution in [0, 0.1) is 0 Å². The fourth-order valence-electron chi connectivity index (χ4n) is 3.09. The van der Waals surface area contributed by atoms with Gasteiger partial charge >= 0.3 is 11.9 Å². The van der Waals surface area contributed by atoms with Gasteiger partial charge in [-0.2, -0.15) is 9.97 Å². The van der Waals surface area contributed by atoms with E-state index in [0.717, 1.165) is 0 Å². The van der Waals surface area contributed by atoms with Crippen LogP contribution in [0.25, 0.3) is 11.2 Å². The smallest absolute Gasteiger partial charge is 0.335 e. The van der Waals surface area contributed by atoms with E-state index in [2.05, 4.69) is 33.8 Å². The van der Waals surface area contributed by atoms with Crippen molar-refractivity contribution in [2.45, 2.75) is 45.4 Å². The monoisotopic (exact) mass is 426 g/mol. The van der Waals surface area contributed by atoms with Gasteiger partial charge in [-0.25, -0.2) is 14.8 Å². The van der Waals surface area contributed by atoms with Crippen molar-refractivity contribution in [3.8, 4) is 0 Å². The van der Waals surface area contributed by atoms with Crippen molar-refractivity contribution >= 4 is 34.9 Å². The van der Waals surface area contributed by atoms with Gasteiger partial charge in [-0.15, -0.1) is 0 Å². The van der Waals surface area contributed by atoms with Crippen LogP contribution in [0.5, 0.6) is 0 Å². The second-order valence-corrected chi connectivity index (χ2v) is 7.01. The molecule has 0 radical (unpaired) electrons. The number of nitrogens with two attached hydrogens (primary N) is 2. The van der Waals surface area contributed by atoms with Crippen LogP contribution in [0.15, 0.2) is 30.5 Å². The van der Waals surface area contributed by atoms with Crippen LogP contribution in [0.1, 0.15) is 55.2 Å². The van der Waals surface area contributed by atoms with Crippen LogP contribution in [-0.4, -0.2) is 42.1 Å². The molecule has 0 fully saturated rings. The predicted molar refractivity (Wildman–Crippen MR) is 117 cm³/mol. The molecule has 1 atom stereocenters. The summed E-state index contributed by atoms with van der Waals surface area (Å²) in [6.45, 7) is 5.99. The largest absolute Gasteiger partial charge is 0.481 e. The summed E-state index contributed by atoms with van der Waals surface area (Å²) in [5, 5.41) is 19.0. The highest BCUT2D eigenvalue weighted by molar-refractivity contribution is 5.88. The number of fused-ring (bicyclic) bond motifs is 1. The number of anilines is 2. The Hall–Kier alpha value is -3.82. The van der Waals surface area contributed by atoms with Crippen molar-refractivity contribution in [2.24, 2.45) is 0 Å². The van der Waals surface area contributed by atoms with Gasteiger partial charge in [0.05, 0.1) is 22.9 Å². The molecular formula is C21H26N6O4. The van der Waals surface area contributed by atoms with Gasteiger partial charge in [0.2, 0.25) is 5.95 Å². The normalized spacial score (nSPS) is 12.5. The lowest BCUT2D eigenvalue weighted by Gasteiger charge is -2.28. The summed E-state index contributed by atoms with van der Waals surface area (Å²) in [4.78, 5) is 39.6. The van der Waals surface area contributed by atoms with Crippen LogP contribution < -0.4 is 11.5 Å². The molecule has 0 aliphatic rings. The summed E-state index contributed by atoms with van der Waals surface area (Å²) in [5.74, 6) is -2.11. The molecule has 10 heteroatoms. The second kappa shape index (κ2) is 9.79. The zero-order valence-corrected chi connectivity index (χ0v) is 17.7. The highest BCUT2D eigenvalue weighted by Gasteiger charge is 2.39. The van der Waals surface area contributed by atoms with E-state index in [1.165, 1.54) is 36.9 Å². The number of aromatic carboxylic acids is 1. The first-order valence-corrected chi connectivity index (χ1v) is 9.80. The molecule has 0 amide bonds. The van der Waals surface area contributed by atoms with Crippen LogP contribution >= 0.6 is 0 Å². The molecular weight excluding hydrogens is 400 g/mol. The molecule has 0 saturated carbocycles. The van der Waals surface area contributed by atoms with Gasteiger partial charge in [0, 0.05) is 6.42 Å². The maximum Gasteiger partial charge on any atom is 0.335 e. The maximum absolute atomic E-state index is 12.2. The van der Waals surface area contributed by atoms with E-state index >= 15 is 0 Å². The molecule has 0 spiro atoms. The van der Waals surface area contributed by atoms with E-state index in [0.29, 0.717) is 11.3 Å². The molecule has 3 aromatic rings. The number of nitrogen functional groups attached to an aromatic ring is 2. The molecule has 1 aromatic carbocycles. The third kappa shape index (κ3) is 5.03. The van der Waals surface area contributed by atoms with Gasteiger partial charge in [0.15, 0.2) is 17.0 Å². The lowest BCUT2D eigenvalue weighted by molar-refractivity contribution is -0.144. The van der Waals surface area contributed by atoms with Crippen molar-refractivity contribution in [1.29, 1.82) is 0 Å². The van der Waals surface area contributed by atoms with E-state index in [1.807, 2.05) is 0 Å². The minimum absolute atomic E-state index is 0.0258. The summed E-state index contributed by atoms with van der Waals surface area (Å²) in [7, 11) is 0. The molecule has 0 aliphatic heterocycles. The lowest BCUT2D eigenvalue weighted by atomic mass is 9.74. The second-order valence-electron chi connectivity index (χ2n) is 7.01. The Labute approximate surface area is 179 Å². The number of nitrogens with zero attached hydrogens (tertiary/aromatic N) is 4. The van der Waals surface area contributed by atoms with Crippen molar-refractivity contribution < 1.29 is 19.8 Å². The summed E-state index contributed by atoms with van der Waals surface area (Å²) in [6, 6.07) is 5.78. The number of hydrogen-bond acceptors (Lipinski definition) is 8. The fraction of sp³-hybridized carbons (Fsp3) is 0.333. The van der Waals surface area contributed by atoms with E-state index in [4.69, 9.17) is 16.6 Å². The first-order valence-electron chi connectivity index (χ1n) is 9.80. The maximum atomic E-state index is 12.2. The summed E-state index contributed by atoms with van der Waals surface area (Å²) >= 11 is 0. The van der Waals surface area contributed by atoms with Gasteiger partial charge < -0.3 is 21.7 Å². The van der Waals surface area contributed by atoms with E-state index in [1.54, 1.807) is 6.92 Å². The van der Waals surface area contributed by atoms with Crippen molar-refractivity contribution in [2.75, 3.05) is 11.5 Å². The molecule has 3 rings (SSSR count). The summed E-state index contributed by atoms with van der Waals surface area (Å²) < 4.78 is 0. The van der Waals surface area contributed by atoms with Gasteiger partial charge in [-0.3, -0.25) is 4.79 Å². The highest BCUT2D eigenvalue weighted by Crippen LogP contribution is 2.33. The lowest BCUT2D eigenvalue weighted by Crippen LogP contribution is -2.38. The SMILES string of the molecule is CCC.CCC(Cc1cnc2nc(N)nc(N)c2n1)(C(=O)O)c1ccc(C(=O)O)cc1. The third-order valence-electron chi connectivity index (χ3n) is 4.68. The zero-order valence-electron chi connectivity index (χ0n) is 17.7. The minimum atomic E-state index is -1.32. The molecule has 2 heterocycles. The molecule has 2 aromatic heterocycles. The molecule has 31 heavy (non-hydrogen) atoms. The first kappa shape index (κ1) is 23.5. The van der Waals surface area contributed by atoms with E-state index in [9.17, 15) is 14.7 Å². The number of benzene rings is 1. The number of aliphatic carboxylic acids is 1. The van der Waals surface area contributed by atoms with Gasteiger partial charge in [-0.1, -0.05) is 39.3 Å². The van der Waals surface area contributed by atoms with Gasteiger partial charge in [0.1, 0.15) is 0 Å². The highest BCUT2D eigenvalue weighted by atomic mass is 16.4. The van der Waals surface area contributed by atoms with Crippen LogP contribution in [-0.2, 0) is 16.6 Å². The Morgan fingerprint density at radius 3 is 2.13 bits per heavy atom. The average molecular weight is 426 g/mol. The molecule has 0 bridgehead atoms. The van der Waals surface area contributed by atoms with Gasteiger partial charge in [0.25, 0.3) is 0 Å². The van der Waals surface area contributed by atoms with Crippen molar-refractivity contribution in [1.82, 2.24) is 19.9 Å². The Morgan fingerprint density at radius 2 is 1.61 bits per heavy atom. The molecule has 0 saturated heterocycles. The Bertz CT molecular complexity index is 1090. The summed E-state index contributed by atoms with van der Waals surface area (Å²) in [6.07, 6.45) is 2.95. The first-order chi connectivity index (χ1) is 14.7. The van der Waals surface area contributed by atoms with E-state index < -0.39 is 17.4 Å². The number of carboxylic acid groups (broad SMARTS) is 2. The van der Waals surface area contributed by atoms with Crippen molar-refractivity contribution in [3.05, 3.63) is 47.3 Å². The number of carbonyl (C=O) groups is 2. The molecule has 1 unspecified atom stereocenters. The third-order valence-corrected chi connectivity index (χ3v) is 4.68. The zero-order chi connectivity index (χ0) is 23.2. The Balaban J connectivity index is 0.00000107. The van der Waals surface area contributed by atoms with Crippen LogP contribution in [0.2, 0.25) is 0 Å². The van der Waals surface area contributed by atoms with Crippen LogP contribution in [0.3, 0.4) is 0 Å². The number of carboxylic acids is 2. The standard InChI is InChI=1S/C18H18N6O4.C3H8/c1-2-18(16(27)28,10-5-3-9(4-6-10)15(25)26)7-11-8-21-14-12(22-11)13(19)23-17(20)24-14;1-3-2/h3-6,8H,2,7H2,1H3,(H,25,26)(H,27,28)(H4,19,20,21,23,24);3H2,1-2H3. The average Bonchev–Trinajstić information content (AvgIpc) is 2.73. The minimum Gasteiger partial charge on any atom is -0.481 e. The number of rotatable bonds is 6. The number of aromatic nitrogens is 4.